The van der Waals surface area contributed by atoms with Crippen LogP contribution in [0.4, 0.5) is 8.78 Å². The Labute approximate surface area is 205 Å². The first-order valence-electron chi connectivity index (χ1n) is 11.5. The first kappa shape index (κ1) is 27.7. The minimum atomic E-state index is -0.795. The van der Waals surface area contributed by atoms with Gasteiger partial charge in [0.25, 0.3) is 0 Å². The van der Waals surface area contributed by atoms with Gasteiger partial charge in [0.15, 0.2) is 0 Å². The normalized spacial score (nSPS) is 15.5. The van der Waals surface area contributed by atoms with Crippen molar-refractivity contribution in [1.29, 1.82) is 0 Å². The number of methoxy groups -OCH3 is 1. The van der Waals surface area contributed by atoms with Crippen molar-refractivity contribution in [3.8, 4) is 0 Å². The number of primary amides is 1. The largest absolute Gasteiger partial charge is 0.469 e. The summed E-state index contributed by atoms with van der Waals surface area (Å²) in [5.74, 6) is -1.31. The number of nitrogens with two attached hydrogens (primary N) is 2. The maximum absolute atomic E-state index is 13.4. The Morgan fingerprint density at radius 1 is 1.09 bits per heavy atom. The van der Waals surface area contributed by atoms with Crippen molar-refractivity contribution in [3.05, 3.63) is 88.1 Å². The predicted octanol–water partition coefficient (Wildman–Crippen LogP) is 4.00. The zero-order valence-corrected chi connectivity index (χ0v) is 20.2. The minimum absolute atomic E-state index is 0.246. The molecule has 188 valence electrons. The maximum atomic E-state index is 13.4. The smallest absolute Gasteiger partial charge is 0.305 e. The van der Waals surface area contributed by atoms with Crippen molar-refractivity contribution in [2.24, 2.45) is 11.5 Å². The highest BCUT2D eigenvalue weighted by Gasteiger charge is 2.23. The molecule has 3 rings (SSSR count). The molecule has 1 aliphatic rings. The van der Waals surface area contributed by atoms with E-state index < -0.39 is 11.9 Å². The number of carbonyl (C=O) groups excluding carboxylic acids is 2. The van der Waals surface area contributed by atoms with Crippen molar-refractivity contribution in [2.45, 2.75) is 44.6 Å². The molecule has 0 saturated heterocycles. The molecule has 35 heavy (non-hydrogen) atoms. The first-order valence-corrected chi connectivity index (χ1v) is 11.5. The molecule has 8 heteroatoms. The van der Waals surface area contributed by atoms with Crippen LogP contribution in [0.1, 0.15) is 43.2 Å². The maximum Gasteiger partial charge on any atom is 0.305 e. The lowest BCUT2D eigenvalue weighted by Gasteiger charge is -2.18. The van der Waals surface area contributed by atoms with Gasteiger partial charge in [0.05, 0.1) is 7.11 Å². The van der Waals surface area contributed by atoms with E-state index in [1.807, 2.05) is 12.1 Å². The Kier molecular flexibility index (Phi) is 11.1. The van der Waals surface area contributed by atoms with Crippen molar-refractivity contribution < 1.29 is 23.1 Å². The van der Waals surface area contributed by atoms with E-state index in [9.17, 15) is 18.4 Å². The first-order chi connectivity index (χ1) is 16.7. The summed E-state index contributed by atoms with van der Waals surface area (Å²) in [6.07, 6.45) is 6.38. The molecule has 1 amide bonds. The molecule has 5 N–H and O–H groups in total. The lowest BCUT2D eigenvalue weighted by molar-refractivity contribution is -0.140. The third kappa shape index (κ3) is 8.98. The van der Waals surface area contributed by atoms with E-state index in [-0.39, 0.29) is 17.6 Å². The zero-order valence-electron chi connectivity index (χ0n) is 20.2. The average Bonchev–Trinajstić information content (AvgIpc) is 3.05. The quantitative estimate of drug-likeness (QED) is 0.514. The summed E-state index contributed by atoms with van der Waals surface area (Å²) in [4.78, 5) is 22.2. The molecule has 0 radical (unpaired) electrons. The van der Waals surface area contributed by atoms with E-state index in [2.05, 4.69) is 10.1 Å². The molecular weight excluding hydrogens is 452 g/mol. The van der Waals surface area contributed by atoms with E-state index in [1.54, 1.807) is 25.2 Å². The van der Waals surface area contributed by atoms with Crippen LogP contribution in [0.25, 0.3) is 6.08 Å². The SMILES string of the molecule is CNC1=C(C(N)C(N)=O)CCCC/C1=C\c1cccc(F)c1.COC(=O)CCc1ccc(F)cc1. The Morgan fingerprint density at radius 2 is 1.77 bits per heavy atom. The molecule has 0 heterocycles. The van der Waals surface area contributed by atoms with Crippen LogP contribution in [0.2, 0.25) is 0 Å². The van der Waals surface area contributed by atoms with Crippen LogP contribution in [-0.4, -0.2) is 32.1 Å². The molecule has 2 aromatic rings. The van der Waals surface area contributed by atoms with Gasteiger partial charge in [-0.15, -0.1) is 0 Å². The van der Waals surface area contributed by atoms with Crippen LogP contribution in [0.3, 0.4) is 0 Å². The lowest BCUT2D eigenvalue weighted by atomic mass is 9.97. The van der Waals surface area contributed by atoms with Crippen molar-refractivity contribution in [3.63, 3.8) is 0 Å². The summed E-state index contributed by atoms with van der Waals surface area (Å²) >= 11 is 0. The fourth-order valence-corrected chi connectivity index (χ4v) is 3.83. The number of likely N-dealkylation sites (N-methyl/N-ethyl adjacent to an activating group) is 1. The van der Waals surface area contributed by atoms with E-state index in [0.717, 1.165) is 53.7 Å². The third-order valence-electron chi connectivity index (χ3n) is 5.66. The van der Waals surface area contributed by atoms with Gasteiger partial charge in [-0.05, 0) is 84.7 Å². The van der Waals surface area contributed by atoms with Gasteiger partial charge in [0.1, 0.15) is 17.7 Å². The fourth-order valence-electron chi connectivity index (χ4n) is 3.83. The van der Waals surface area contributed by atoms with Crippen LogP contribution in [-0.2, 0) is 20.7 Å². The molecule has 6 nitrogen and oxygen atoms in total. The Hall–Kier alpha value is -3.52. The third-order valence-corrected chi connectivity index (χ3v) is 5.66. The number of ether oxygens (including phenoxy) is 1. The van der Waals surface area contributed by atoms with Crippen LogP contribution in [0.15, 0.2) is 65.4 Å². The van der Waals surface area contributed by atoms with Gasteiger partial charge in [-0.2, -0.15) is 0 Å². The number of nitrogens with one attached hydrogen (secondary N) is 1. The van der Waals surface area contributed by atoms with Gasteiger partial charge in [-0.1, -0.05) is 24.3 Å². The number of halogens is 2. The Bertz CT molecular complexity index is 1070. The summed E-state index contributed by atoms with van der Waals surface area (Å²) < 4.78 is 30.3. The number of rotatable bonds is 7. The van der Waals surface area contributed by atoms with Crippen molar-refractivity contribution in [1.82, 2.24) is 5.32 Å². The highest BCUT2D eigenvalue weighted by atomic mass is 19.1. The topological polar surface area (TPSA) is 107 Å². The molecule has 1 atom stereocenters. The summed E-state index contributed by atoms with van der Waals surface area (Å²) in [5.41, 5.74) is 15.7. The molecule has 1 aliphatic carbocycles. The van der Waals surface area contributed by atoms with Crippen LogP contribution >= 0.6 is 0 Å². The van der Waals surface area contributed by atoms with E-state index in [0.29, 0.717) is 12.8 Å². The summed E-state index contributed by atoms with van der Waals surface area (Å²) in [6.45, 7) is 0. The van der Waals surface area contributed by atoms with E-state index in [1.165, 1.54) is 31.4 Å². The second-order valence-corrected chi connectivity index (χ2v) is 8.16. The van der Waals surface area contributed by atoms with Gasteiger partial charge >= 0.3 is 5.97 Å². The van der Waals surface area contributed by atoms with Crippen molar-refractivity contribution >= 4 is 18.0 Å². The van der Waals surface area contributed by atoms with Gasteiger partial charge in [0, 0.05) is 19.2 Å². The standard InChI is InChI=1S/C17H22FN3O.C10H11FO2/c1-21-16-12(9-11-5-4-7-13(18)10-11)6-2-3-8-14(16)15(19)17(20)22;1-13-10(12)7-4-8-2-5-9(11)6-3-8/h4-5,7,9-10,15,21H,2-3,6,8,19H2,1H3,(H2,20,22);2-3,5-6H,4,7H2,1H3/b12-9+;. The van der Waals surface area contributed by atoms with Crippen LogP contribution in [0.5, 0.6) is 0 Å². The van der Waals surface area contributed by atoms with Gasteiger partial charge in [-0.3, -0.25) is 9.59 Å². The number of esters is 1. The highest BCUT2D eigenvalue weighted by molar-refractivity contribution is 5.83. The average molecular weight is 486 g/mol. The molecular formula is C27H33F2N3O3. The fraction of sp³-hybridized carbons (Fsp3) is 0.333. The number of allylic oxidation sites excluding steroid dienone is 1. The second kappa shape index (κ2) is 14.0. The molecule has 1 unspecified atom stereocenters. The number of hydrogen-bond acceptors (Lipinski definition) is 5. The van der Waals surface area contributed by atoms with Gasteiger partial charge < -0.3 is 21.5 Å². The van der Waals surface area contributed by atoms with Crippen LogP contribution in [0, 0.1) is 11.6 Å². The van der Waals surface area contributed by atoms with E-state index in [4.69, 9.17) is 11.5 Å². The molecule has 0 aliphatic heterocycles. The summed E-state index contributed by atoms with van der Waals surface area (Å²) in [6, 6.07) is 11.7. The monoisotopic (exact) mass is 485 g/mol. The highest BCUT2D eigenvalue weighted by Crippen LogP contribution is 2.29. The second-order valence-electron chi connectivity index (χ2n) is 8.16. The Morgan fingerprint density at radius 3 is 2.37 bits per heavy atom. The minimum Gasteiger partial charge on any atom is -0.469 e. The van der Waals surface area contributed by atoms with Crippen molar-refractivity contribution in [2.75, 3.05) is 14.2 Å². The molecule has 0 saturated carbocycles. The number of amides is 1. The predicted molar refractivity (Wildman–Crippen MR) is 133 cm³/mol. The van der Waals surface area contributed by atoms with Gasteiger partial charge in [0.2, 0.25) is 5.91 Å². The lowest BCUT2D eigenvalue weighted by Crippen LogP contribution is -2.39. The van der Waals surface area contributed by atoms with Gasteiger partial charge in [-0.25, -0.2) is 8.78 Å². The number of benzene rings is 2. The molecule has 0 aromatic heterocycles. The molecule has 0 spiro atoms. The summed E-state index contributed by atoms with van der Waals surface area (Å²) in [5, 5.41) is 3.14. The summed E-state index contributed by atoms with van der Waals surface area (Å²) in [7, 11) is 3.15. The zero-order chi connectivity index (χ0) is 25.8. The number of aryl methyl sites for hydroxylation is 1. The molecule has 0 fully saturated rings. The number of hydrogen-bond donors (Lipinski definition) is 3. The van der Waals surface area contributed by atoms with E-state index >= 15 is 0 Å². The Balaban J connectivity index is 0.000000283. The van der Waals surface area contributed by atoms with Crippen LogP contribution < -0.4 is 16.8 Å². The molecule has 0 bridgehead atoms. The number of carbonyl (C=O) groups is 2. The molecule has 2 aromatic carbocycles.